The lowest BCUT2D eigenvalue weighted by Gasteiger charge is -2.36. The largest absolute Gasteiger partial charge is 0.381 e. The van der Waals surface area contributed by atoms with E-state index < -0.39 is 17.9 Å². The summed E-state index contributed by atoms with van der Waals surface area (Å²) in [7, 11) is 1.75. The number of ether oxygens (including phenoxy) is 1. The van der Waals surface area contributed by atoms with Gasteiger partial charge in [-0.3, -0.25) is 4.79 Å². The Balaban J connectivity index is 1.45. The Morgan fingerprint density at radius 1 is 1.23 bits per heavy atom. The van der Waals surface area contributed by atoms with Crippen LogP contribution in [0.5, 0.6) is 0 Å². The highest BCUT2D eigenvalue weighted by molar-refractivity contribution is 6.01. The van der Waals surface area contributed by atoms with E-state index in [0.717, 1.165) is 29.4 Å². The second kappa shape index (κ2) is 8.26. The number of nitrogens with zero attached hydrogens (tertiary/aromatic N) is 5. The van der Waals surface area contributed by atoms with Crippen LogP contribution in [0.2, 0.25) is 0 Å². The molecule has 6 rings (SSSR count). The van der Waals surface area contributed by atoms with Crippen molar-refractivity contribution in [1.82, 2.24) is 29.5 Å². The molecular formula is C24H25F2N7O2. The summed E-state index contributed by atoms with van der Waals surface area (Å²) < 4.78 is 36.7. The van der Waals surface area contributed by atoms with Gasteiger partial charge in [-0.25, -0.2) is 18.7 Å². The van der Waals surface area contributed by atoms with Crippen molar-refractivity contribution in [2.45, 2.75) is 43.7 Å². The lowest BCUT2D eigenvalue weighted by Crippen LogP contribution is -2.55. The molecule has 4 aromatic heterocycles. The molecule has 0 spiro atoms. The zero-order valence-corrected chi connectivity index (χ0v) is 19.2. The fourth-order valence-corrected chi connectivity index (χ4v) is 4.89. The molecular weight excluding hydrogens is 456 g/mol. The number of hydrogen-bond acceptors (Lipinski definition) is 6. The highest BCUT2D eigenvalue weighted by Crippen LogP contribution is 2.38. The maximum Gasteiger partial charge on any atom is 0.267 e. The van der Waals surface area contributed by atoms with Crippen LogP contribution in [0, 0.1) is 0 Å². The van der Waals surface area contributed by atoms with E-state index in [-0.39, 0.29) is 24.4 Å². The number of fused-ring (bicyclic) bond motifs is 2. The average Bonchev–Trinajstić information content (AvgIpc) is 3.48. The number of anilines is 1. The van der Waals surface area contributed by atoms with E-state index in [0.29, 0.717) is 30.4 Å². The normalized spacial score (nSPS) is 20.1. The molecule has 0 aromatic carbocycles. The summed E-state index contributed by atoms with van der Waals surface area (Å²) in [5.74, 6) is -2.87. The summed E-state index contributed by atoms with van der Waals surface area (Å²) in [4.78, 5) is 22.3. The molecule has 5 heterocycles. The van der Waals surface area contributed by atoms with Gasteiger partial charge in [0.1, 0.15) is 17.0 Å². The topological polar surface area (TPSA) is 98.4 Å². The number of carbonyl (C=O) groups is 1. The Hall–Kier alpha value is -3.60. The van der Waals surface area contributed by atoms with Crippen LogP contribution in [-0.2, 0) is 4.74 Å². The van der Waals surface area contributed by atoms with Crippen LogP contribution in [0.3, 0.4) is 0 Å². The Morgan fingerprint density at radius 3 is 2.77 bits per heavy atom. The van der Waals surface area contributed by atoms with Gasteiger partial charge in [-0.2, -0.15) is 9.61 Å². The summed E-state index contributed by atoms with van der Waals surface area (Å²) in [6.07, 6.45) is 7.01. The van der Waals surface area contributed by atoms with Gasteiger partial charge in [0.2, 0.25) is 0 Å². The van der Waals surface area contributed by atoms with Crippen LogP contribution in [0.25, 0.3) is 27.9 Å². The Kier molecular flexibility index (Phi) is 5.17. The van der Waals surface area contributed by atoms with Crippen molar-refractivity contribution in [2.75, 3.05) is 25.6 Å². The summed E-state index contributed by atoms with van der Waals surface area (Å²) in [6, 6.07) is 4.84. The van der Waals surface area contributed by atoms with E-state index in [4.69, 9.17) is 9.72 Å². The number of aromatic nitrogens is 5. The fourth-order valence-electron chi connectivity index (χ4n) is 4.89. The van der Waals surface area contributed by atoms with Gasteiger partial charge in [0, 0.05) is 62.1 Å². The van der Waals surface area contributed by atoms with Crippen LogP contribution in [-0.4, -0.2) is 62.3 Å². The number of alkyl halides is 2. The molecule has 0 unspecified atom stereocenters. The van der Waals surface area contributed by atoms with Crippen molar-refractivity contribution < 1.29 is 18.3 Å². The third-order valence-corrected chi connectivity index (χ3v) is 7.00. The van der Waals surface area contributed by atoms with Crippen molar-refractivity contribution in [2.24, 2.45) is 0 Å². The first-order valence-corrected chi connectivity index (χ1v) is 11.7. The number of halogens is 2. The molecule has 0 radical (unpaired) electrons. The molecule has 1 aliphatic carbocycles. The van der Waals surface area contributed by atoms with Crippen LogP contribution in [0.4, 0.5) is 14.6 Å². The smallest absolute Gasteiger partial charge is 0.267 e. The molecule has 1 atom stereocenters. The summed E-state index contributed by atoms with van der Waals surface area (Å²) >= 11 is 0. The quantitative estimate of drug-likeness (QED) is 0.452. The molecule has 1 saturated carbocycles. The van der Waals surface area contributed by atoms with Crippen molar-refractivity contribution in [1.29, 1.82) is 0 Å². The standard InChI is InChI=1S/C24H25F2N7O2/c1-27-20-11-18(17-13-32(14-5-9-35-10-6-14)21-15(17)3-2-8-28-21)30-22-16(12-29-33(20)22)23(34)31-19-4-7-24(19,25)26/h2-3,8,11-14,19,27H,4-7,9-10H2,1H3,(H,31,34)/t19-/m1/s1. The predicted molar refractivity (Wildman–Crippen MR) is 126 cm³/mol. The molecule has 2 fully saturated rings. The first-order chi connectivity index (χ1) is 17.0. The zero-order chi connectivity index (χ0) is 24.2. The van der Waals surface area contributed by atoms with Crippen molar-refractivity contribution in [3.05, 3.63) is 42.4 Å². The van der Waals surface area contributed by atoms with E-state index in [2.05, 4.69) is 31.5 Å². The van der Waals surface area contributed by atoms with E-state index in [1.165, 1.54) is 10.7 Å². The van der Waals surface area contributed by atoms with Crippen molar-refractivity contribution in [3.63, 3.8) is 0 Å². The maximum absolute atomic E-state index is 13.7. The molecule has 182 valence electrons. The van der Waals surface area contributed by atoms with Gasteiger partial charge in [-0.1, -0.05) is 0 Å². The van der Waals surface area contributed by atoms with Crippen LogP contribution in [0.15, 0.2) is 36.8 Å². The summed E-state index contributed by atoms with van der Waals surface area (Å²) in [6.45, 7) is 1.41. The predicted octanol–water partition coefficient (Wildman–Crippen LogP) is 3.67. The second-order valence-corrected chi connectivity index (χ2v) is 9.06. The monoisotopic (exact) mass is 481 g/mol. The van der Waals surface area contributed by atoms with Gasteiger partial charge < -0.3 is 19.9 Å². The molecule has 1 saturated heterocycles. The molecule has 2 aliphatic rings. The minimum absolute atomic E-state index is 0.150. The molecule has 9 nitrogen and oxygen atoms in total. The number of carbonyl (C=O) groups excluding carboxylic acids is 1. The van der Waals surface area contributed by atoms with Gasteiger partial charge in [0.15, 0.2) is 5.65 Å². The summed E-state index contributed by atoms with van der Waals surface area (Å²) in [5.41, 5.74) is 2.81. The second-order valence-electron chi connectivity index (χ2n) is 9.06. The van der Waals surface area contributed by atoms with E-state index in [1.54, 1.807) is 13.2 Å². The first kappa shape index (κ1) is 21.9. The highest BCUT2D eigenvalue weighted by atomic mass is 19.3. The van der Waals surface area contributed by atoms with Crippen LogP contribution in [0.1, 0.15) is 42.1 Å². The minimum Gasteiger partial charge on any atom is -0.381 e. The number of rotatable bonds is 5. The first-order valence-electron chi connectivity index (χ1n) is 11.7. The van der Waals surface area contributed by atoms with Gasteiger partial charge >= 0.3 is 0 Å². The Bertz CT molecular complexity index is 1420. The molecule has 2 N–H and O–H groups in total. The molecule has 4 aromatic rings. The molecule has 0 bridgehead atoms. The third kappa shape index (κ3) is 3.61. The third-order valence-electron chi connectivity index (χ3n) is 7.00. The lowest BCUT2D eigenvalue weighted by molar-refractivity contribution is -0.102. The van der Waals surface area contributed by atoms with Crippen molar-refractivity contribution >= 4 is 28.4 Å². The molecule has 11 heteroatoms. The van der Waals surface area contributed by atoms with Crippen LogP contribution >= 0.6 is 0 Å². The highest BCUT2D eigenvalue weighted by Gasteiger charge is 2.49. The molecule has 35 heavy (non-hydrogen) atoms. The SMILES string of the molecule is CNc1cc(-c2cn(C3CCOCC3)c3ncccc23)nc2c(C(=O)N[C@@H]3CCC3(F)F)cnn12. The van der Waals surface area contributed by atoms with E-state index in [9.17, 15) is 13.6 Å². The van der Waals surface area contributed by atoms with Gasteiger partial charge in [-0.15, -0.1) is 0 Å². The molecule has 1 aliphatic heterocycles. The van der Waals surface area contributed by atoms with Gasteiger partial charge in [-0.05, 0) is 31.4 Å². The molecule has 1 amide bonds. The van der Waals surface area contributed by atoms with Crippen molar-refractivity contribution in [3.8, 4) is 11.3 Å². The number of amides is 1. The van der Waals surface area contributed by atoms with Crippen LogP contribution < -0.4 is 10.6 Å². The van der Waals surface area contributed by atoms with E-state index >= 15 is 0 Å². The average molecular weight is 482 g/mol. The van der Waals surface area contributed by atoms with E-state index in [1.807, 2.05) is 18.2 Å². The number of hydrogen-bond donors (Lipinski definition) is 2. The maximum atomic E-state index is 13.7. The van der Waals surface area contributed by atoms with Gasteiger partial charge in [0.25, 0.3) is 11.8 Å². The fraction of sp³-hybridized carbons (Fsp3) is 0.417. The number of nitrogens with one attached hydrogen (secondary N) is 2. The summed E-state index contributed by atoms with van der Waals surface area (Å²) in [5, 5.41) is 10.8. The number of pyridine rings is 1. The Morgan fingerprint density at radius 2 is 2.06 bits per heavy atom. The Labute approximate surface area is 199 Å². The lowest BCUT2D eigenvalue weighted by atomic mass is 9.88. The minimum atomic E-state index is -2.88. The zero-order valence-electron chi connectivity index (χ0n) is 19.2. The van der Waals surface area contributed by atoms with Gasteiger partial charge in [0.05, 0.1) is 17.9 Å².